The Balaban J connectivity index is 2.81. The Kier molecular flexibility index (Phi) is 3.24. The molecule has 0 bridgehead atoms. The van der Waals surface area contributed by atoms with Gasteiger partial charge in [-0.25, -0.2) is 4.79 Å². The highest BCUT2D eigenvalue weighted by Gasteiger charge is 2.19. The van der Waals surface area contributed by atoms with Gasteiger partial charge in [0, 0.05) is 11.1 Å². The van der Waals surface area contributed by atoms with E-state index in [2.05, 4.69) is 4.98 Å². The zero-order chi connectivity index (χ0) is 14.0. The molecule has 1 aromatic carbocycles. The molecule has 0 radical (unpaired) electrons. The van der Waals surface area contributed by atoms with Crippen LogP contribution in [-0.4, -0.2) is 23.2 Å². The van der Waals surface area contributed by atoms with Gasteiger partial charge in [-0.3, -0.25) is 4.79 Å². The molecular formula is C13H12N2O4. The number of carboxylic acids is 1. The smallest absolute Gasteiger partial charge is 0.341 e. The van der Waals surface area contributed by atoms with Crippen molar-refractivity contribution in [1.82, 2.24) is 4.98 Å². The van der Waals surface area contributed by atoms with Gasteiger partial charge in [-0.05, 0) is 12.1 Å². The van der Waals surface area contributed by atoms with Crippen molar-refractivity contribution >= 4 is 11.8 Å². The maximum absolute atomic E-state index is 11.7. The number of aromatic amines is 1. The predicted octanol–water partition coefficient (Wildman–Crippen LogP) is 1.33. The first-order valence-corrected chi connectivity index (χ1v) is 5.44. The van der Waals surface area contributed by atoms with E-state index in [1.165, 1.54) is 13.2 Å². The number of aromatic nitrogens is 1. The number of aromatic carboxylic acids is 1. The first-order valence-electron chi connectivity index (χ1n) is 5.44. The van der Waals surface area contributed by atoms with E-state index in [9.17, 15) is 9.59 Å². The largest absolute Gasteiger partial charge is 0.496 e. The number of nitrogen functional groups attached to an aromatic ring is 1. The summed E-state index contributed by atoms with van der Waals surface area (Å²) in [6, 6.07) is 8.22. The van der Waals surface area contributed by atoms with Gasteiger partial charge in [-0.1, -0.05) is 18.2 Å². The molecular weight excluding hydrogens is 248 g/mol. The van der Waals surface area contributed by atoms with Crippen LogP contribution in [0.5, 0.6) is 5.75 Å². The predicted molar refractivity (Wildman–Crippen MR) is 70.4 cm³/mol. The molecule has 0 amide bonds. The summed E-state index contributed by atoms with van der Waals surface area (Å²) in [5, 5.41) is 9.16. The molecule has 1 aromatic heterocycles. The molecule has 1 heterocycles. The SMILES string of the molecule is COc1ccccc1-c1cc(N)[nH]c(=O)c1C(=O)O. The minimum absolute atomic E-state index is 0.0934. The van der Waals surface area contributed by atoms with Gasteiger partial charge in [0.15, 0.2) is 0 Å². The first kappa shape index (κ1) is 12.7. The Morgan fingerprint density at radius 2 is 2.00 bits per heavy atom. The van der Waals surface area contributed by atoms with Crippen LogP contribution >= 0.6 is 0 Å². The molecule has 2 rings (SSSR count). The van der Waals surface area contributed by atoms with Gasteiger partial charge in [0.05, 0.1) is 7.11 Å². The van der Waals surface area contributed by atoms with E-state index in [4.69, 9.17) is 15.6 Å². The molecule has 0 unspecified atom stereocenters. The number of benzene rings is 1. The molecule has 0 atom stereocenters. The molecule has 0 spiro atoms. The maximum atomic E-state index is 11.7. The van der Waals surface area contributed by atoms with Crippen LogP contribution in [0.25, 0.3) is 11.1 Å². The van der Waals surface area contributed by atoms with E-state index >= 15 is 0 Å². The third-order valence-corrected chi connectivity index (χ3v) is 2.67. The average Bonchev–Trinajstić information content (AvgIpc) is 2.37. The number of pyridine rings is 1. The van der Waals surface area contributed by atoms with E-state index in [0.717, 1.165) is 0 Å². The summed E-state index contributed by atoms with van der Waals surface area (Å²) in [5.41, 5.74) is 5.19. The minimum atomic E-state index is -1.32. The molecule has 4 N–H and O–H groups in total. The first-order chi connectivity index (χ1) is 9.04. The highest BCUT2D eigenvalue weighted by atomic mass is 16.5. The maximum Gasteiger partial charge on any atom is 0.341 e. The van der Waals surface area contributed by atoms with Crippen molar-refractivity contribution in [2.45, 2.75) is 0 Å². The van der Waals surface area contributed by atoms with Crippen LogP contribution in [-0.2, 0) is 0 Å². The van der Waals surface area contributed by atoms with Crippen molar-refractivity contribution in [3.05, 3.63) is 46.2 Å². The van der Waals surface area contributed by atoms with E-state index in [1.54, 1.807) is 24.3 Å². The number of carbonyl (C=O) groups is 1. The van der Waals surface area contributed by atoms with Crippen LogP contribution in [0.1, 0.15) is 10.4 Å². The van der Waals surface area contributed by atoms with Gasteiger partial charge >= 0.3 is 5.97 Å². The van der Waals surface area contributed by atoms with Crippen molar-refractivity contribution < 1.29 is 14.6 Å². The third kappa shape index (κ3) is 2.28. The molecule has 0 aliphatic heterocycles. The quantitative estimate of drug-likeness (QED) is 0.772. The number of ether oxygens (including phenoxy) is 1. The van der Waals surface area contributed by atoms with Gasteiger partial charge in [-0.2, -0.15) is 0 Å². The number of para-hydroxylation sites is 1. The molecule has 98 valence electrons. The summed E-state index contributed by atoms with van der Waals surface area (Å²) >= 11 is 0. The number of methoxy groups -OCH3 is 1. The standard InChI is InChI=1S/C13H12N2O4/c1-19-9-5-3-2-4-7(9)8-6-10(14)15-12(16)11(8)13(17)18/h2-6H,1H3,(H,17,18)(H3,14,15,16). The Labute approximate surface area is 108 Å². The second kappa shape index (κ2) is 4.85. The molecule has 0 saturated heterocycles. The van der Waals surface area contributed by atoms with Gasteiger partial charge in [0.2, 0.25) is 0 Å². The van der Waals surface area contributed by atoms with Crippen molar-refractivity contribution in [3.63, 3.8) is 0 Å². The van der Waals surface area contributed by atoms with E-state index in [1.807, 2.05) is 0 Å². The van der Waals surface area contributed by atoms with E-state index < -0.39 is 11.5 Å². The third-order valence-electron chi connectivity index (χ3n) is 2.67. The summed E-state index contributed by atoms with van der Waals surface area (Å²) < 4.78 is 5.17. The lowest BCUT2D eigenvalue weighted by Gasteiger charge is -2.11. The van der Waals surface area contributed by atoms with E-state index in [-0.39, 0.29) is 16.9 Å². The molecule has 6 heteroatoms. The fourth-order valence-electron chi connectivity index (χ4n) is 1.87. The van der Waals surface area contributed by atoms with Crippen LogP contribution in [0.2, 0.25) is 0 Å². The lowest BCUT2D eigenvalue weighted by molar-refractivity contribution is 0.0696. The number of hydrogen-bond acceptors (Lipinski definition) is 4. The number of H-pyrrole nitrogens is 1. The van der Waals surface area contributed by atoms with Crippen LogP contribution in [0.4, 0.5) is 5.82 Å². The van der Waals surface area contributed by atoms with Crippen LogP contribution < -0.4 is 16.0 Å². The van der Waals surface area contributed by atoms with Gasteiger partial charge in [0.1, 0.15) is 17.1 Å². The average molecular weight is 260 g/mol. The van der Waals surface area contributed by atoms with Gasteiger partial charge < -0.3 is 20.6 Å². The second-order valence-electron chi connectivity index (χ2n) is 3.85. The summed E-state index contributed by atoms with van der Waals surface area (Å²) in [4.78, 5) is 25.2. The molecule has 19 heavy (non-hydrogen) atoms. The molecule has 2 aromatic rings. The fraction of sp³-hybridized carbons (Fsp3) is 0.0769. The Bertz CT molecular complexity index is 691. The minimum Gasteiger partial charge on any atom is -0.496 e. The molecule has 0 fully saturated rings. The van der Waals surface area contributed by atoms with Crippen molar-refractivity contribution in [2.75, 3.05) is 12.8 Å². The number of carboxylic acid groups (broad SMARTS) is 1. The van der Waals surface area contributed by atoms with Crippen molar-refractivity contribution in [2.24, 2.45) is 0 Å². The number of nitrogens with one attached hydrogen (secondary N) is 1. The van der Waals surface area contributed by atoms with Crippen molar-refractivity contribution in [3.8, 4) is 16.9 Å². The number of nitrogens with two attached hydrogens (primary N) is 1. The van der Waals surface area contributed by atoms with Crippen LogP contribution in [0.3, 0.4) is 0 Å². The Morgan fingerprint density at radius 3 is 2.63 bits per heavy atom. The van der Waals surface area contributed by atoms with Crippen LogP contribution in [0, 0.1) is 0 Å². The molecule has 0 saturated carbocycles. The lowest BCUT2D eigenvalue weighted by Crippen LogP contribution is -2.20. The normalized spacial score (nSPS) is 10.2. The zero-order valence-corrected chi connectivity index (χ0v) is 10.1. The highest BCUT2D eigenvalue weighted by molar-refractivity contribution is 5.97. The monoisotopic (exact) mass is 260 g/mol. The molecule has 6 nitrogen and oxygen atoms in total. The summed E-state index contributed by atoms with van der Waals surface area (Å²) in [7, 11) is 1.47. The Morgan fingerprint density at radius 1 is 1.32 bits per heavy atom. The number of hydrogen-bond donors (Lipinski definition) is 3. The summed E-state index contributed by atoms with van der Waals surface area (Å²) in [5.74, 6) is -0.756. The Hall–Kier alpha value is -2.76. The number of rotatable bonds is 3. The zero-order valence-electron chi connectivity index (χ0n) is 10.1. The number of anilines is 1. The van der Waals surface area contributed by atoms with Crippen molar-refractivity contribution in [1.29, 1.82) is 0 Å². The second-order valence-corrected chi connectivity index (χ2v) is 3.85. The summed E-state index contributed by atoms with van der Waals surface area (Å²) in [6.07, 6.45) is 0. The van der Waals surface area contributed by atoms with E-state index in [0.29, 0.717) is 11.3 Å². The molecule has 0 aliphatic rings. The van der Waals surface area contributed by atoms with Gasteiger partial charge in [0.25, 0.3) is 5.56 Å². The highest BCUT2D eigenvalue weighted by Crippen LogP contribution is 2.31. The van der Waals surface area contributed by atoms with Crippen LogP contribution in [0.15, 0.2) is 35.1 Å². The lowest BCUT2D eigenvalue weighted by atomic mass is 10.0. The fourth-order valence-corrected chi connectivity index (χ4v) is 1.87. The summed E-state index contributed by atoms with van der Waals surface area (Å²) in [6.45, 7) is 0. The van der Waals surface area contributed by atoms with Gasteiger partial charge in [-0.15, -0.1) is 0 Å². The topological polar surface area (TPSA) is 105 Å². The molecule has 0 aliphatic carbocycles.